The van der Waals surface area contributed by atoms with Gasteiger partial charge in [-0.25, -0.2) is 4.39 Å². The Labute approximate surface area is 194 Å². The van der Waals surface area contributed by atoms with Crippen LogP contribution >= 0.6 is 11.8 Å². The summed E-state index contributed by atoms with van der Waals surface area (Å²) in [7, 11) is 0. The molecule has 1 aromatic heterocycles. The predicted octanol–water partition coefficient (Wildman–Crippen LogP) is 5.21. The van der Waals surface area contributed by atoms with E-state index in [4.69, 9.17) is 5.41 Å². The number of hydrazone groups is 1. The van der Waals surface area contributed by atoms with Crippen LogP contribution in [0.2, 0.25) is 0 Å². The number of hydrogen-bond acceptors (Lipinski definition) is 4. The first-order valence-corrected chi connectivity index (χ1v) is 11.2. The lowest BCUT2D eigenvalue weighted by Gasteiger charge is -2.20. The van der Waals surface area contributed by atoms with Gasteiger partial charge in [0, 0.05) is 22.6 Å². The van der Waals surface area contributed by atoms with Gasteiger partial charge in [0.1, 0.15) is 10.9 Å². The van der Waals surface area contributed by atoms with Gasteiger partial charge < -0.3 is 4.57 Å². The lowest BCUT2D eigenvalue weighted by molar-refractivity contribution is -0.114. The van der Waals surface area contributed by atoms with Gasteiger partial charge in [-0.1, -0.05) is 30.3 Å². The number of aliphatic imine (C=N–C) groups is 1. The predicted molar refractivity (Wildman–Crippen MR) is 130 cm³/mol. The summed E-state index contributed by atoms with van der Waals surface area (Å²) in [5.74, 6) is -0.813. The second-order valence-corrected chi connectivity index (χ2v) is 8.84. The van der Waals surface area contributed by atoms with Gasteiger partial charge in [0.25, 0.3) is 5.91 Å². The van der Waals surface area contributed by atoms with Crippen LogP contribution in [0.3, 0.4) is 0 Å². The molecule has 0 saturated heterocycles. The van der Waals surface area contributed by atoms with E-state index >= 15 is 0 Å². The number of amides is 1. The molecule has 0 bridgehead atoms. The SMILES string of the molecule is Cc1ccccc1C1=NN2C(=N)/C(=C\c3cc(C)n(-c4cccc(F)c4)c3C)C(=O)N=C2S1. The number of rotatable bonds is 3. The number of aromatic nitrogens is 1. The topological polar surface area (TPSA) is 73.8 Å². The summed E-state index contributed by atoms with van der Waals surface area (Å²) in [6, 6.07) is 16.1. The zero-order valence-electron chi connectivity index (χ0n) is 18.3. The second kappa shape index (κ2) is 7.97. The van der Waals surface area contributed by atoms with Crippen molar-refractivity contribution in [3.63, 3.8) is 0 Å². The molecule has 33 heavy (non-hydrogen) atoms. The molecule has 5 rings (SSSR count). The number of aryl methyl sites for hydroxylation is 2. The monoisotopic (exact) mass is 457 g/mol. The molecule has 3 heterocycles. The van der Waals surface area contributed by atoms with Crippen molar-refractivity contribution in [1.82, 2.24) is 9.58 Å². The Balaban J connectivity index is 1.53. The quantitative estimate of drug-likeness (QED) is 0.549. The van der Waals surface area contributed by atoms with E-state index < -0.39 is 5.91 Å². The minimum atomic E-state index is -0.476. The van der Waals surface area contributed by atoms with E-state index in [9.17, 15) is 9.18 Å². The molecule has 0 saturated carbocycles. The Bertz CT molecular complexity index is 1430. The molecule has 164 valence electrons. The smallest absolute Gasteiger partial charge is 0.283 e. The number of amidine groups is 2. The zero-order chi connectivity index (χ0) is 23.3. The first-order chi connectivity index (χ1) is 15.8. The number of nitrogens with one attached hydrogen (secondary N) is 1. The Kier molecular flexibility index (Phi) is 5.09. The molecule has 0 spiro atoms. The van der Waals surface area contributed by atoms with Crippen molar-refractivity contribution in [3.8, 4) is 5.69 Å². The molecule has 0 unspecified atom stereocenters. The Morgan fingerprint density at radius 1 is 1.06 bits per heavy atom. The van der Waals surface area contributed by atoms with Gasteiger partial charge in [-0.2, -0.15) is 15.1 Å². The van der Waals surface area contributed by atoms with Crippen LogP contribution in [-0.4, -0.2) is 31.5 Å². The number of fused-ring (bicyclic) bond motifs is 1. The summed E-state index contributed by atoms with van der Waals surface area (Å²) in [5.41, 5.74) is 5.35. The lowest BCUT2D eigenvalue weighted by Crippen LogP contribution is -2.35. The molecule has 8 heteroatoms. The highest BCUT2D eigenvalue weighted by Crippen LogP contribution is 2.32. The standard InChI is InChI=1S/C25H20FN5OS/c1-14-7-4-5-10-20(14)24-29-31-22(27)21(23(32)28-25(31)33-24)12-17-11-15(2)30(16(17)3)19-9-6-8-18(26)13-19/h4-13,27H,1-3H3/b21-12+,27-22?. The molecule has 2 aromatic carbocycles. The van der Waals surface area contributed by atoms with Gasteiger partial charge in [0.2, 0.25) is 5.17 Å². The third kappa shape index (κ3) is 3.62. The van der Waals surface area contributed by atoms with Crippen molar-refractivity contribution in [3.05, 3.63) is 94.1 Å². The van der Waals surface area contributed by atoms with E-state index in [2.05, 4.69) is 10.1 Å². The molecule has 3 aromatic rings. The summed E-state index contributed by atoms with van der Waals surface area (Å²) < 4.78 is 15.7. The maximum atomic E-state index is 13.8. The third-order valence-electron chi connectivity index (χ3n) is 5.67. The summed E-state index contributed by atoms with van der Waals surface area (Å²) >= 11 is 1.28. The fraction of sp³-hybridized carbons (Fsp3) is 0.120. The molecule has 0 radical (unpaired) electrons. The van der Waals surface area contributed by atoms with Crippen LogP contribution in [0.5, 0.6) is 0 Å². The molecule has 6 nitrogen and oxygen atoms in total. The summed E-state index contributed by atoms with van der Waals surface area (Å²) in [6.45, 7) is 5.81. The van der Waals surface area contributed by atoms with Gasteiger partial charge in [0.15, 0.2) is 5.84 Å². The van der Waals surface area contributed by atoms with E-state index in [0.717, 1.165) is 28.1 Å². The number of benzene rings is 2. The third-order valence-corrected chi connectivity index (χ3v) is 6.61. The molecule has 0 fully saturated rings. The normalized spacial score (nSPS) is 16.8. The highest BCUT2D eigenvalue weighted by molar-refractivity contribution is 8.27. The zero-order valence-corrected chi connectivity index (χ0v) is 19.1. The van der Waals surface area contributed by atoms with Gasteiger partial charge in [-0.05, 0) is 74.0 Å². The number of hydrogen-bond donors (Lipinski definition) is 1. The lowest BCUT2D eigenvalue weighted by atomic mass is 10.1. The Hall–Kier alpha value is -3.78. The molecule has 1 N–H and O–H groups in total. The molecular formula is C25H20FN5OS. The van der Waals surface area contributed by atoms with Crippen LogP contribution in [0.4, 0.5) is 4.39 Å². The van der Waals surface area contributed by atoms with Gasteiger partial charge >= 0.3 is 0 Å². The fourth-order valence-electron chi connectivity index (χ4n) is 4.02. The van der Waals surface area contributed by atoms with Gasteiger partial charge in [-0.3, -0.25) is 10.2 Å². The number of nitrogens with zero attached hydrogens (tertiary/aromatic N) is 4. The number of halogens is 1. The first kappa shape index (κ1) is 21.1. The first-order valence-electron chi connectivity index (χ1n) is 10.3. The summed E-state index contributed by atoms with van der Waals surface area (Å²) in [6.07, 6.45) is 1.66. The maximum absolute atomic E-state index is 13.8. The molecule has 2 aliphatic heterocycles. The molecule has 0 aliphatic carbocycles. The molecule has 2 aliphatic rings. The van der Waals surface area contributed by atoms with E-state index in [0.29, 0.717) is 15.9 Å². The average molecular weight is 458 g/mol. The largest absolute Gasteiger partial charge is 0.318 e. The summed E-state index contributed by atoms with van der Waals surface area (Å²) in [5, 5.41) is 15.7. The van der Waals surface area contributed by atoms with E-state index in [-0.39, 0.29) is 17.2 Å². The van der Waals surface area contributed by atoms with Crippen LogP contribution in [0.1, 0.15) is 28.1 Å². The highest BCUT2D eigenvalue weighted by Gasteiger charge is 2.36. The van der Waals surface area contributed by atoms with Crippen LogP contribution in [0.15, 0.2) is 70.3 Å². The van der Waals surface area contributed by atoms with Crippen LogP contribution in [-0.2, 0) is 4.79 Å². The number of thioether (sulfide) groups is 1. The van der Waals surface area contributed by atoms with Crippen LogP contribution in [0, 0.1) is 32.0 Å². The molecular weight excluding hydrogens is 437 g/mol. The van der Waals surface area contributed by atoms with Crippen LogP contribution < -0.4 is 0 Å². The van der Waals surface area contributed by atoms with E-state index in [1.165, 1.54) is 28.9 Å². The van der Waals surface area contributed by atoms with Gasteiger partial charge in [-0.15, -0.1) is 0 Å². The molecule has 0 atom stereocenters. The fourth-order valence-corrected chi connectivity index (χ4v) is 5.00. The van der Waals surface area contributed by atoms with E-state index in [1.54, 1.807) is 12.1 Å². The second-order valence-electron chi connectivity index (χ2n) is 7.88. The average Bonchev–Trinajstić information content (AvgIpc) is 3.32. The minimum Gasteiger partial charge on any atom is -0.318 e. The van der Waals surface area contributed by atoms with Crippen molar-refractivity contribution >= 4 is 39.8 Å². The Morgan fingerprint density at radius 2 is 1.85 bits per heavy atom. The summed E-state index contributed by atoms with van der Waals surface area (Å²) in [4.78, 5) is 17.0. The number of carbonyl (C=O) groups is 1. The Morgan fingerprint density at radius 3 is 2.61 bits per heavy atom. The maximum Gasteiger partial charge on any atom is 0.283 e. The van der Waals surface area contributed by atoms with Crippen LogP contribution in [0.25, 0.3) is 11.8 Å². The van der Waals surface area contributed by atoms with Crippen molar-refractivity contribution in [2.24, 2.45) is 10.1 Å². The molecule has 1 amide bonds. The highest BCUT2D eigenvalue weighted by atomic mass is 32.2. The number of carbonyl (C=O) groups excluding carboxylic acids is 1. The van der Waals surface area contributed by atoms with Gasteiger partial charge in [0.05, 0.1) is 5.57 Å². The van der Waals surface area contributed by atoms with E-state index in [1.807, 2.05) is 61.7 Å². The minimum absolute atomic E-state index is 0.0170. The van der Waals surface area contributed by atoms with Crippen molar-refractivity contribution in [1.29, 1.82) is 5.41 Å². The van der Waals surface area contributed by atoms with Crippen molar-refractivity contribution in [2.75, 3.05) is 0 Å². The van der Waals surface area contributed by atoms with Crippen molar-refractivity contribution < 1.29 is 9.18 Å². The van der Waals surface area contributed by atoms with Crippen molar-refractivity contribution in [2.45, 2.75) is 20.8 Å².